The highest BCUT2D eigenvalue weighted by Crippen LogP contribution is 2.14. The molecule has 1 amide bonds. The van der Waals surface area contributed by atoms with E-state index >= 15 is 0 Å². The molecule has 0 radical (unpaired) electrons. The van der Waals surface area contributed by atoms with Crippen molar-refractivity contribution in [1.82, 2.24) is 40.0 Å². The van der Waals surface area contributed by atoms with Crippen LogP contribution < -0.4 is 5.32 Å². The minimum absolute atomic E-state index is 0.303. The van der Waals surface area contributed by atoms with Gasteiger partial charge in [0, 0.05) is 17.3 Å². The molecular formula is C17H15N9O. The summed E-state index contributed by atoms with van der Waals surface area (Å²) in [5.74, 6) is 0.654. The molecule has 4 aromatic rings. The van der Waals surface area contributed by atoms with Gasteiger partial charge in [-0.2, -0.15) is 5.10 Å². The van der Waals surface area contributed by atoms with Crippen LogP contribution in [0.1, 0.15) is 21.7 Å². The van der Waals surface area contributed by atoms with E-state index < -0.39 is 0 Å². The van der Waals surface area contributed by atoms with Gasteiger partial charge in [-0.25, -0.2) is 19.3 Å². The fourth-order valence-electron chi connectivity index (χ4n) is 2.65. The van der Waals surface area contributed by atoms with Crippen molar-refractivity contribution in [3.05, 3.63) is 66.0 Å². The number of anilines is 1. The summed E-state index contributed by atoms with van der Waals surface area (Å²) in [6.07, 6.45) is 2.85. The summed E-state index contributed by atoms with van der Waals surface area (Å²) in [4.78, 5) is 20.9. The third-order valence-electron chi connectivity index (χ3n) is 3.84. The Hall–Kier alpha value is -3.95. The van der Waals surface area contributed by atoms with Crippen molar-refractivity contribution >= 4 is 11.7 Å². The summed E-state index contributed by atoms with van der Waals surface area (Å²) >= 11 is 0. The Labute approximate surface area is 153 Å². The van der Waals surface area contributed by atoms with Gasteiger partial charge in [-0.3, -0.25) is 4.79 Å². The lowest BCUT2D eigenvalue weighted by Crippen LogP contribution is -2.14. The van der Waals surface area contributed by atoms with Crippen LogP contribution in [-0.2, 0) is 0 Å². The van der Waals surface area contributed by atoms with Crippen LogP contribution in [0.15, 0.2) is 49.1 Å². The van der Waals surface area contributed by atoms with Gasteiger partial charge in [0.15, 0.2) is 5.82 Å². The van der Waals surface area contributed by atoms with E-state index in [1.165, 1.54) is 17.3 Å². The zero-order chi connectivity index (χ0) is 18.8. The van der Waals surface area contributed by atoms with Gasteiger partial charge in [0.1, 0.15) is 18.5 Å². The zero-order valence-corrected chi connectivity index (χ0v) is 14.6. The largest absolute Gasteiger partial charge is 0.306 e. The Balaban J connectivity index is 1.58. The summed E-state index contributed by atoms with van der Waals surface area (Å²) in [6, 6.07) is 10.6. The molecule has 0 aliphatic rings. The van der Waals surface area contributed by atoms with Crippen LogP contribution in [0.2, 0.25) is 0 Å². The fourth-order valence-corrected chi connectivity index (χ4v) is 2.65. The molecule has 10 nitrogen and oxygen atoms in total. The lowest BCUT2D eigenvalue weighted by Gasteiger charge is -2.08. The van der Waals surface area contributed by atoms with Crippen molar-refractivity contribution in [1.29, 1.82) is 0 Å². The van der Waals surface area contributed by atoms with E-state index in [-0.39, 0.29) is 5.91 Å². The monoisotopic (exact) mass is 361 g/mol. The van der Waals surface area contributed by atoms with Gasteiger partial charge in [-0.05, 0) is 48.5 Å². The second-order valence-electron chi connectivity index (χ2n) is 5.86. The van der Waals surface area contributed by atoms with Gasteiger partial charge in [0.2, 0.25) is 0 Å². The molecular weight excluding hydrogens is 346 g/mol. The first kappa shape index (κ1) is 16.5. The van der Waals surface area contributed by atoms with Crippen LogP contribution in [0.3, 0.4) is 0 Å². The van der Waals surface area contributed by atoms with Crippen LogP contribution in [0, 0.1) is 13.8 Å². The van der Waals surface area contributed by atoms with Crippen LogP contribution in [0.25, 0.3) is 11.5 Å². The molecule has 4 rings (SSSR count). The minimum atomic E-state index is -0.303. The van der Waals surface area contributed by atoms with E-state index in [0.29, 0.717) is 22.9 Å². The van der Waals surface area contributed by atoms with E-state index in [0.717, 1.165) is 11.4 Å². The number of tetrazole rings is 1. The topological polar surface area (TPSA) is 116 Å². The normalized spacial score (nSPS) is 10.7. The zero-order valence-electron chi connectivity index (χ0n) is 14.6. The summed E-state index contributed by atoms with van der Waals surface area (Å²) < 4.78 is 3.17. The second kappa shape index (κ2) is 6.75. The average molecular weight is 361 g/mol. The number of hydrogen-bond donors (Lipinski definition) is 1. The smallest absolute Gasteiger partial charge is 0.256 e. The number of carbonyl (C=O) groups excluding carboxylic acids is 1. The van der Waals surface area contributed by atoms with Gasteiger partial charge in [-0.15, -0.1) is 5.10 Å². The molecule has 0 bridgehead atoms. The number of amides is 1. The number of aryl methyl sites for hydroxylation is 2. The van der Waals surface area contributed by atoms with E-state index in [9.17, 15) is 4.79 Å². The number of hydrogen-bond acceptors (Lipinski definition) is 7. The van der Waals surface area contributed by atoms with Crippen molar-refractivity contribution in [3.8, 4) is 11.5 Å². The summed E-state index contributed by atoms with van der Waals surface area (Å²) in [5, 5.41) is 18.2. The Morgan fingerprint density at radius 2 is 2.00 bits per heavy atom. The molecule has 0 aliphatic carbocycles. The predicted molar refractivity (Wildman–Crippen MR) is 95.7 cm³/mol. The SMILES string of the molecule is Cc1cc(C)n(-c2cc(NC(=O)c3cccc(-n4cnnn4)c3)ncn2)n1. The molecule has 0 unspecified atom stereocenters. The third-order valence-corrected chi connectivity index (χ3v) is 3.84. The van der Waals surface area contributed by atoms with Crippen molar-refractivity contribution in [2.45, 2.75) is 13.8 Å². The second-order valence-corrected chi connectivity index (χ2v) is 5.86. The highest BCUT2D eigenvalue weighted by atomic mass is 16.1. The highest BCUT2D eigenvalue weighted by Gasteiger charge is 2.11. The predicted octanol–water partition coefficient (Wildman–Crippen LogP) is 1.51. The Bertz CT molecular complexity index is 1100. The first-order valence-electron chi connectivity index (χ1n) is 8.10. The lowest BCUT2D eigenvalue weighted by molar-refractivity contribution is 0.102. The molecule has 1 aromatic carbocycles. The number of nitrogens with one attached hydrogen (secondary N) is 1. The molecule has 0 fully saturated rings. The molecule has 10 heteroatoms. The number of nitrogens with zero attached hydrogens (tertiary/aromatic N) is 8. The van der Waals surface area contributed by atoms with Crippen molar-refractivity contribution in [2.24, 2.45) is 0 Å². The van der Waals surface area contributed by atoms with Crippen LogP contribution in [-0.4, -0.2) is 45.9 Å². The molecule has 1 N–H and O–H groups in total. The molecule has 27 heavy (non-hydrogen) atoms. The first-order chi connectivity index (χ1) is 13.1. The number of carbonyl (C=O) groups is 1. The van der Waals surface area contributed by atoms with Gasteiger partial charge < -0.3 is 5.32 Å². The number of benzene rings is 1. The Kier molecular flexibility index (Phi) is 4.13. The highest BCUT2D eigenvalue weighted by molar-refractivity contribution is 6.04. The average Bonchev–Trinajstić information content (AvgIpc) is 3.32. The molecule has 0 aliphatic heterocycles. The van der Waals surface area contributed by atoms with Gasteiger partial charge in [-0.1, -0.05) is 6.07 Å². The maximum absolute atomic E-state index is 12.6. The molecule has 3 heterocycles. The van der Waals surface area contributed by atoms with Crippen LogP contribution in [0.4, 0.5) is 5.82 Å². The molecule has 134 valence electrons. The van der Waals surface area contributed by atoms with Crippen LogP contribution in [0.5, 0.6) is 0 Å². The fraction of sp³-hybridized carbons (Fsp3) is 0.118. The van der Waals surface area contributed by atoms with E-state index in [1.807, 2.05) is 19.9 Å². The maximum atomic E-state index is 12.6. The van der Waals surface area contributed by atoms with Crippen LogP contribution >= 0.6 is 0 Å². The minimum Gasteiger partial charge on any atom is -0.306 e. The number of aromatic nitrogens is 8. The van der Waals surface area contributed by atoms with E-state index in [4.69, 9.17) is 0 Å². The van der Waals surface area contributed by atoms with Crippen molar-refractivity contribution in [2.75, 3.05) is 5.32 Å². The summed E-state index contributed by atoms with van der Waals surface area (Å²) in [6.45, 7) is 3.84. The third kappa shape index (κ3) is 3.40. The van der Waals surface area contributed by atoms with Gasteiger partial charge in [0.25, 0.3) is 5.91 Å². The molecule has 0 atom stereocenters. The Morgan fingerprint density at radius 3 is 2.74 bits per heavy atom. The molecule has 0 saturated carbocycles. The summed E-state index contributed by atoms with van der Waals surface area (Å²) in [7, 11) is 0. The maximum Gasteiger partial charge on any atom is 0.256 e. The number of rotatable bonds is 4. The standard InChI is InChI=1S/C17H15N9O/c1-11-6-12(2)26(22-11)16-8-15(18-9-19-16)21-17(27)13-4-3-5-14(7-13)25-10-20-23-24-25/h3-10H,1-2H3,(H,18,19,21,27). The summed E-state index contributed by atoms with van der Waals surface area (Å²) in [5.41, 5.74) is 2.96. The van der Waals surface area contributed by atoms with Crippen molar-refractivity contribution in [3.63, 3.8) is 0 Å². The Morgan fingerprint density at radius 1 is 1.11 bits per heavy atom. The van der Waals surface area contributed by atoms with Gasteiger partial charge >= 0.3 is 0 Å². The van der Waals surface area contributed by atoms with E-state index in [1.54, 1.807) is 35.0 Å². The van der Waals surface area contributed by atoms with Crippen molar-refractivity contribution < 1.29 is 4.79 Å². The molecule has 3 aromatic heterocycles. The van der Waals surface area contributed by atoms with Gasteiger partial charge in [0.05, 0.1) is 11.4 Å². The van der Waals surface area contributed by atoms with E-state index in [2.05, 4.69) is 35.9 Å². The quantitative estimate of drug-likeness (QED) is 0.585. The molecule has 0 saturated heterocycles. The first-order valence-corrected chi connectivity index (χ1v) is 8.10. The molecule has 0 spiro atoms. The lowest BCUT2D eigenvalue weighted by atomic mass is 10.2.